The third kappa shape index (κ3) is 7.73. The number of rotatable bonds is 13. The molecule has 0 aromatic carbocycles. The smallest absolute Gasteiger partial charge is 0.377 e. The van der Waals surface area contributed by atoms with Crippen LogP contribution in [0.25, 0.3) is 0 Å². The van der Waals surface area contributed by atoms with Gasteiger partial charge in [-0.3, -0.25) is 13.8 Å². The number of phosphoric acid groups is 1. The first-order chi connectivity index (χ1) is 12.9. The van der Waals surface area contributed by atoms with Crippen LogP contribution in [-0.2, 0) is 27.9 Å². The van der Waals surface area contributed by atoms with Crippen molar-refractivity contribution in [2.45, 2.75) is 43.9 Å². The minimum Gasteiger partial charge on any atom is -0.377 e. The van der Waals surface area contributed by atoms with Crippen molar-refractivity contribution >= 4 is 19.8 Å². The first-order valence-corrected chi connectivity index (χ1v) is 10.5. The van der Waals surface area contributed by atoms with Crippen LogP contribution in [0.2, 0.25) is 0 Å². The molecule has 0 aromatic heterocycles. The fraction of sp³-hybridized carbons (Fsp3) is 0.867. The van der Waals surface area contributed by atoms with E-state index in [0.29, 0.717) is 19.6 Å². The number of urea groups is 1. The van der Waals surface area contributed by atoms with Crippen molar-refractivity contribution in [2.24, 2.45) is 0 Å². The van der Waals surface area contributed by atoms with Gasteiger partial charge >= 0.3 is 13.9 Å². The topological polar surface area (TPSA) is 144 Å². The highest BCUT2D eigenvalue weighted by Gasteiger charge is 2.43. The number of carbonyl (C=O) groups excluding carboxylic acids is 2. The van der Waals surface area contributed by atoms with Crippen molar-refractivity contribution in [3.63, 3.8) is 0 Å². The Balaban J connectivity index is 1.42. The maximum atomic E-state index is 11.7. The molecule has 0 bridgehead atoms. The second kappa shape index (κ2) is 10.9. The summed E-state index contributed by atoms with van der Waals surface area (Å²) in [6.45, 7) is 1.22. The van der Waals surface area contributed by atoms with Crippen LogP contribution in [0.15, 0.2) is 0 Å². The Morgan fingerprint density at radius 2 is 2.15 bits per heavy atom. The van der Waals surface area contributed by atoms with Crippen molar-refractivity contribution in [1.82, 2.24) is 16.0 Å². The molecule has 2 aliphatic heterocycles. The van der Waals surface area contributed by atoms with Gasteiger partial charge in [0.15, 0.2) is 0 Å². The van der Waals surface area contributed by atoms with Gasteiger partial charge in [0.1, 0.15) is 0 Å². The van der Waals surface area contributed by atoms with Crippen LogP contribution in [0.3, 0.4) is 0 Å². The van der Waals surface area contributed by atoms with Gasteiger partial charge in [-0.1, -0.05) is 6.42 Å². The summed E-state index contributed by atoms with van der Waals surface area (Å²) in [5, 5.41) is 8.42. The highest BCUT2D eigenvalue weighted by molar-refractivity contribution is 7.47. The number of nitrogens with one attached hydrogen (secondary N) is 3. The number of carbonyl (C=O) groups is 2. The van der Waals surface area contributed by atoms with E-state index in [9.17, 15) is 14.2 Å². The third-order valence-electron chi connectivity index (χ3n) is 4.36. The van der Waals surface area contributed by atoms with Crippen LogP contribution in [0, 0.1) is 0 Å². The Morgan fingerprint density at radius 1 is 1.33 bits per heavy atom. The van der Waals surface area contributed by atoms with E-state index >= 15 is 0 Å². The summed E-state index contributed by atoms with van der Waals surface area (Å²) in [6, 6.07) is -0.0679. The average Bonchev–Trinajstić information content (AvgIpc) is 3.17. The monoisotopic (exact) mass is 409 g/mol. The van der Waals surface area contributed by atoms with E-state index in [2.05, 4.69) is 25.0 Å². The summed E-state index contributed by atoms with van der Waals surface area (Å²) in [5.41, 5.74) is 0. The number of phosphoric ester groups is 1. The molecule has 4 atom stereocenters. The highest BCUT2D eigenvalue weighted by Crippen LogP contribution is 2.41. The number of fused-ring (bicyclic) bond motifs is 1. The molecule has 0 spiro atoms. The molecule has 0 saturated carbocycles. The Bertz CT molecular complexity index is 549. The Kier molecular flexibility index (Phi) is 8.94. The van der Waals surface area contributed by atoms with Gasteiger partial charge in [0.2, 0.25) is 5.91 Å². The van der Waals surface area contributed by atoms with Crippen LogP contribution < -0.4 is 16.0 Å². The van der Waals surface area contributed by atoms with Crippen molar-refractivity contribution in [2.75, 3.05) is 40.1 Å². The zero-order chi connectivity index (χ0) is 19.7. The van der Waals surface area contributed by atoms with E-state index < -0.39 is 7.82 Å². The Labute approximate surface area is 158 Å². The fourth-order valence-corrected chi connectivity index (χ4v) is 3.40. The number of ether oxygens (including phenoxy) is 2. The summed E-state index contributed by atoms with van der Waals surface area (Å²) in [4.78, 5) is 32.0. The molecule has 0 radical (unpaired) electrons. The Morgan fingerprint density at radius 3 is 2.93 bits per heavy atom. The van der Waals surface area contributed by atoms with Gasteiger partial charge in [0.25, 0.3) is 0 Å². The van der Waals surface area contributed by atoms with E-state index in [4.69, 9.17) is 14.4 Å². The lowest BCUT2D eigenvalue weighted by atomic mass is 10.0. The van der Waals surface area contributed by atoms with Crippen LogP contribution in [0.1, 0.15) is 25.7 Å². The van der Waals surface area contributed by atoms with Crippen LogP contribution in [0.4, 0.5) is 4.79 Å². The number of unbranched alkanes of at least 4 members (excludes halogenated alkanes) is 1. The maximum Gasteiger partial charge on any atom is 0.471 e. The maximum absolute atomic E-state index is 11.7. The van der Waals surface area contributed by atoms with Gasteiger partial charge < -0.3 is 30.3 Å². The molecule has 2 heterocycles. The number of amides is 3. The van der Waals surface area contributed by atoms with E-state index in [1.165, 1.54) is 0 Å². The standard InChI is InChI=1S/C15H28N3O8P/c1-23-27(21,22)26-9-8-24-7-6-16-13(19)5-3-2-4-12-14-11(10-25-12)17-15(20)18-14/h11-12,14H,2-10H2,1H3,(H,16,19)(H,21,22)(H2,17,18,20). The zero-order valence-corrected chi connectivity index (χ0v) is 16.2. The largest absolute Gasteiger partial charge is 0.471 e. The van der Waals surface area contributed by atoms with Crippen molar-refractivity contribution in [1.29, 1.82) is 0 Å². The molecule has 2 aliphatic rings. The van der Waals surface area contributed by atoms with Gasteiger partial charge in [0, 0.05) is 20.1 Å². The lowest BCUT2D eigenvalue weighted by molar-refractivity contribution is -0.121. The number of hydrogen-bond donors (Lipinski definition) is 4. The summed E-state index contributed by atoms with van der Waals surface area (Å²) in [5.74, 6) is -0.0601. The molecular weight excluding hydrogens is 381 g/mol. The van der Waals surface area contributed by atoms with Gasteiger partial charge in [-0.25, -0.2) is 9.36 Å². The predicted octanol–water partition coefficient (Wildman–Crippen LogP) is -0.108. The molecule has 3 amide bonds. The number of hydrogen-bond acceptors (Lipinski definition) is 7. The van der Waals surface area contributed by atoms with E-state index in [1.54, 1.807) is 0 Å². The summed E-state index contributed by atoms with van der Waals surface area (Å²) in [6.07, 6.45) is 2.79. The van der Waals surface area contributed by atoms with Gasteiger partial charge in [-0.2, -0.15) is 0 Å². The zero-order valence-electron chi connectivity index (χ0n) is 15.3. The lowest BCUT2D eigenvalue weighted by Crippen LogP contribution is -2.37. The fourth-order valence-electron chi connectivity index (χ4n) is 2.99. The molecule has 0 aliphatic carbocycles. The molecular formula is C15H28N3O8P. The minimum absolute atomic E-state index is 0.0000325. The normalized spacial score (nSPS) is 26.1. The van der Waals surface area contributed by atoms with Crippen molar-refractivity contribution < 1.29 is 37.6 Å². The third-order valence-corrected chi connectivity index (χ3v) is 5.33. The van der Waals surface area contributed by atoms with E-state index in [0.717, 1.165) is 26.4 Å². The van der Waals surface area contributed by atoms with Gasteiger partial charge in [-0.05, 0) is 12.8 Å². The summed E-state index contributed by atoms with van der Waals surface area (Å²) < 4.78 is 30.7. The van der Waals surface area contributed by atoms with Crippen LogP contribution >= 0.6 is 7.82 Å². The minimum atomic E-state index is -3.96. The molecule has 2 saturated heterocycles. The van der Waals surface area contributed by atoms with Crippen molar-refractivity contribution in [3.05, 3.63) is 0 Å². The molecule has 4 unspecified atom stereocenters. The predicted molar refractivity (Wildman–Crippen MR) is 94.1 cm³/mol. The van der Waals surface area contributed by atoms with Gasteiger partial charge in [-0.15, -0.1) is 0 Å². The van der Waals surface area contributed by atoms with Crippen LogP contribution in [-0.4, -0.2) is 75.1 Å². The van der Waals surface area contributed by atoms with Crippen LogP contribution in [0.5, 0.6) is 0 Å². The molecule has 2 rings (SSSR count). The quantitative estimate of drug-likeness (QED) is 0.244. The highest BCUT2D eigenvalue weighted by atomic mass is 31.2. The molecule has 0 aromatic rings. The average molecular weight is 409 g/mol. The molecule has 2 fully saturated rings. The second-order valence-electron chi connectivity index (χ2n) is 6.31. The van der Waals surface area contributed by atoms with Crippen molar-refractivity contribution in [3.8, 4) is 0 Å². The molecule has 4 N–H and O–H groups in total. The first kappa shape index (κ1) is 22.1. The molecule has 156 valence electrons. The lowest BCUT2D eigenvalue weighted by Gasteiger charge is -2.16. The Hall–Kier alpha value is -1.23. The molecule has 12 heteroatoms. The summed E-state index contributed by atoms with van der Waals surface area (Å²) >= 11 is 0. The van der Waals surface area contributed by atoms with E-state index in [1.807, 2.05) is 0 Å². The molecule has 11 nitrogen and oxygen atoms in total. The van der Waals surface area contributed by atoms with Gasteiger partial charge in [0.05, 0.1) is 44.6 Å². The second-order valence-corrected chi connectivity index (χ2v) is 7.87. The SMILES string of the molecule is COP(=O)(O)OCCOCCNC(=O)CCCCC1OCC2NC(=O)NC21. The first-order valence-electron chi connectivity index (χ1n) is 8.97. The van der Waals surface area contributed by atoms with E-state index in [-0.39, 0.29) is 49.9 Å². The molecule has 27 heavy (non-hydrogen) atoms. The summed E-state index contributed by atoms with van der Waals surface area (Å²) in [7, 11) is -2.88.